The number of aromatic nitrogens is 1. The SMILES string of the molecule is COCc1cccc(CNCc2ccnc(OC)c2)c1. The quantitative estimate of drug-likeness (QED) is 0.841. The number of nitrogens with one attached hydrogen (secondary N) is 1. The molecule has 1 N–H and O–H groups in total. The van der Waals surface area contributed by atoms with Crippen LogP contribution in [0.4, 0.5) is 0 Å². The highest BCUT2D eigenvalue weighted by molar-refractivity contribution is 5.23. The third kappa shape index (κ3) is 4.33. The number of nitrogens with zero attached hydrogens (tertiary/aromatic N) is 1. The summed E-state index contributed by atoms with van der Waals surface area (Å²) in [4.78, 5) is 4.09. The average Bonchev–Trinajstić information content (AvgIpc) is 2.48. The van der Waals surface area contributed by atoms with Crippen molar-refractivity contribution in [1.82, 2.24) is 10.3 Å². The van der Waals surface area contributed by atoms with E-state index in [9.17, 15) is 0 Å². The molecule has 0 aliphatic carbocycles. The summed E-state index contributed by atoms with van der Waals surface area (Å²) in [6, 6.07) is 12.3. The van der Waals surface area contributed by atoms with Crippen molar-refractivity contribution in [2.75, 3.05) is 14.2 Å². The van der Waals surface area contributed by atoms with Crippen molar-refractivity contribution in [1.29, 1.82) is 0 Å². The first-order valence-corrected chi connectivity index (χ1v) is 6.58. The fraction of sp³-hybridized carbons (Fsp3) is 0.312. The van der Waals surface area contributed by atoms with E-state index in [0.29, 0.717) is 12.5 Å². The molecule has 0 radical (unpaired) electrons. The average molecular weight is 272 g/mol. The highest BCUT2D eigenvalue weighted by Crippen LogP contribution is 2.09. The van der Waals surface area contributed by atoms with Gasteiger partial charge in [-0.05, 0) is 22.8 Å². The van der Waals surface area contributed by atoms with Crippen LogP contribution in [0.15, 0.2) is 42.6 Å². The molecule has 0 amide bonds. The maximum absolute atomic E-state index is 5.14. The second-order valence-electron chi connectivity index (χ2n) is 4.56. The molecule has 4 nitrogen and oxygen atoms in total. The molecular formula is C16H20N2O2. The van der Waals surface area contributed by atoms with Gasteiger partial charge in [-0.25, -0.2) is 4.98 Å². The zero-order valence-corrected chi connectivity index (χ0v) is 11.9. The predicted octanol–water partition coefficient (Wildman–Crippen LogP) is 2.53. The Hall–Kier alpha value is -1.91. The normalized spacial score (nSPS) is 10.5. The topological polar surface area (TPSA) is 43.4 Å². The lowest BCUT2D eigenvalue weighted by atomic mass is 10.1. The van der Waals surface area contributed by atoms with Gasteiger partial charge in [0.1, 0.15) is 0 Å². The molecule has 20 heavy (non-hydrogen) atoms. The van der Waals surface area contributed by atoms with Crippen LogP contribution in [0.1, 0.15) is 16.7 Å². The monoisotopic (exact) mass is 272 g/mol. The van der Waals surface area contributed by atoms with E-state index in [-0.39, 0.29) is 0 Å². The lowest BCUT2D eigenvalue weighted by molar-refractivity contribution is 0.185. The third-order valence-corrected chi connectivity index (χ3v) is 2.97. The van der Waals surface area contributed by atoms with Crippen LogP contribution in [0.3, 0.4) is 0 Å². The minimum absolute atomic E-state index is 0.645. The highest BCUT2D eigenvalue weighted by atomic mass is 16.5. The summed E-state index contributed by atoms with van der Waals surface area (Å²) < 4.78 is 10.3. The molecule has 1 heterocycles. The second kappa shape index (κ2) is 7.62. The van der Waals surface area contributed by atoms with E-state index < -0.39 is 0 Å². The van der Waals surface area contributed by atoms with Crippen molar-refractivity contribution in [2.24, 2.45) is 0 Å². The van der Waals surface area contributed by atoms with Gasteiger partial charge in [0, 0.05) is 32.5 Å². The number of methoxy groups -OCH3 is 2. The molecule has 1 aromatic heterocycles. The molecule has 0 aliphatic heterocycles. The largest absolute Gasteiger partial charge is 0.481 e. The number of benzene rings is 1. The first-order chi connectivity index (χ1) is 9.81. The zero-order valence-electron chi connectivity index (χ0n) is 11.9. The summed E-state index contributed by atoms with van der Waals surface area (Å²) in [5.41, 5.74) is 3.60. The van der Waals surface area contributed by atoms with E-state index in [1.54, 1.807) is 20.4 Å². The van der Waals surface area contributed by atoms with E-state index in [0.717, 1.165) is 18.7 Å². The smallest absolute Gasteiger partial charge is 0.213 e. The maximum atomic E-state index is 5.14. The van der Waals surface area contributed by atoms with E-state index >= 15 is 0 Å². The van der Waals surface area contributed by atoms with Gasteiger partial charge in [0.2, 0.25) is 5.88 Å². The fourth-order valence-corrected chi connectivity index (χ4v) is 2.02. The summed E-state index contributed by atoms with van der Waals surface area (Å²) >= 11 is 0. The van der Waals surface area contributed by atoms with Crippen LogP contribution in [-0.2, 0) is 24.4 Å². The van der Waals surface area contributed by atoms with Gasteiger partial charge in [-0.15, -0.1) is 0 Å². The van der Waals surface area contributed by atoms with Crippen LogP contribution in [0.25, 0.3) is 0 Å². The van der Waals surface area contributed by atoms with Crippen molar-refractivity contribution < 1.29 is 9.47 Å². The fourth-order valence-electron chi connectivity index (χ4n) is 2.02. The maximum Gasteiger partial charge on any atom is 0.213 e. The van der Waals surface area contributed by atoms with Crippen molar-refractivity contribution >= 4 is 0 Å². The first-order valence-electron chi connectivity index (χ1n) is 6.58. The number of hydrogen-bond donors (Lipinski definition) is 1. The molecule has 2 rings (SSSR count). The Bertz CT molecular complexity index is 544. The summed E-state index contributed by atoms with van der Waals surface area (Å²) in [7, 11) is 3.34. The van der Waals surface area contributed by atoms with Crippen LogP contribution in [0.2, 0.25) is 0 Å². The van der Waals surface area contributed by atoms with Gasteiger partial charge in [0.25, 0.3) is 0 Å². The van der Waals surface area contributed by atoms with Crippen molar-refractivity contribution in [3.63, 3.8) is 0 Å². The summed E-state index contributed by atoms with van der Waals surface area (Å²) in [5, 5.41) is 3.41. The standard InChI is InChI=1S/C16H20N2O2/c1-19-12-15-5-3-4-13(8-15)10-17-11-14-6-7-18-16(9-14)20-2/h3-9,17H,10-12H2,1-2H3. The van der Waals surface area contributed by atoms with E-state index in [2.05, 4.69) is 34.6 Å². The number of ether oxygens (including phenoxy) is 2. The second-order valence-corrected chi connectivity index (χ2v) is 4.56. The van der Waals surface area contributed by atoms with Gasteiger partial charge < -0.3 is 14.8 Å². The van der Waals surface area contributed by atoms with Crippen LogP contribution >= 0.6 is 0 Å². The predicted molar refractivity (Wildman–Crippen MR) is 78.5 cm³/mol. The van der Waals surface area contributed by atoms with E-state index in [4.69, 9.17) is 9.47 Å². The molecule has 0 aliphatic rings. The number of hydrogen-bond acceptors (Lipinski definition) is 4. The number of pyridine rings is 1. The summed E-state index contributed by atoms with van der Waals surface area (Å²) in [6.45, 7) is 2.25. The number of rotatable bonds is 7. The molecule has 0 fully saturated rings. The Morgan fingerprint density at radius 3 is 2.50 bits per heavy atom. The van der Waals surface area contributed by atoms with Gasteiger partial charge in [0.05, 0.1) is 13.7 Å². The lowest BCUT2D eigenvalue weighted by Crippen LogP contribution is -2.13. The van der Waals surface area contributed by atoms with Gasteiger partial charge >= 0.3 is 0 Å². The highest BCUT2D eigenvalue weighted by Gasteiger charge is 1.99. The molecule has 106 valence electrons. The Morgan fingerprint density at radius 2 is 1.75 bits per heavy atom. The van der Waals surface area contributed by atoms with E-state index in [1.165, 1.54) is 11.1 Å². The lowest BCUT2D eigenvalue weighted by Gasteiger charge is -2.08. The first kappa shape index (κ1) is 14.5. The molecule has 0 unspecified atom stereocenters. The molecule has 4 heteroatoms. The Labute approximate surface area is 119 Å². The van der Waals surface area contributed by atoms with Crippen LogP contribution < -0.4 is 10.1 Å². The zero-order chi connectivity index (χ0) is 14.2. The van der Waals surface area contributed by atoms with E-state index in [1.807, 2.05) is 12.1 Å². The van der Waals surface area contributed by atoms with Crippen molar-refractivity contribution in [2.45, 2.75) is 19.7 Å². The Morgan fingerprint density at radius 1 is 1.00 bits per heavy atom. The molecule has 1 aromatic carbocycles. The van der Waals surface area contributed by atoms with Crippen LogP contribution in [-0.4, -0.2) is 19.2 Å². The minimum Gasteiger partial charge on any atom is -0.481 e. The Balaban J connectivity index is 1.87. The Kier molecular flexibility index (Phi) is 5.53. The summed E-state index contributed by atoms with van der Waals surface area (Å²) in [6.07, 6.45) is 1.76. The van der Waals surface area contributed by atoms with Gasteiger partial charge in [-0.1, -0.05) is 24.3 Å². The van der Waals surface area contributed by atoms with Crippen molar-refractivity contribution in [3.05, 3.63) is 59.3 Å². The van der Waals surface area contributed by atoms with Gasteiger partial charge in [-0.3, -0.25) is 0 Å². The molecule has 0 bridgehead atoms. The molecule has 0 atom stereocenters. The third-order valence-electron chi connectivity index (χ3n) is 2.97. The van der Waals surface area contributed by atoms with Gasteiger partial charge in [0.15, 0.2) is 0 Å². The molecule has 2 aromatic rings. The molecule has 0 saturated carbocycles. The van der Waals surface area contributed by atoms with Gasteiger partial charge in [-0.2, -0.15) is 0 Å². The molecular weight excluding hydrogens is 252 g/mol. The van der Waals surface area contributed by atoms with Crippen LogP contribution in [0, 0.1) is 0 Å². The summed E-state index contributed by atoms with van der Waals surface area (Å²) in [5.74, 6) is 0.645. The minimum atomic E-state index is 0.645. The van der Waals surface area contributed by atoms with Crippen LogP contribution in [0.5, 0.6) is 5.88 Å². The molecule has 0 spiro atoms. The van der Waals surface area contributed by atoms with Crippen molar-refractivity contribution in [3.8, 4) is 5.88 Å². The molecule has 0 saturated heterocycles.